The Hall–Kier alpha value is -1.42. The highest BCUT2D eigenvalue weighted by Gasteiger charge is 2.30. The van der Waals surface area contributed by atoms with Crippen LogP contribution in [0.25, 0.3) is 0 Å². The third kappa shape index (κ3) is 3.29. The zero-order valence-electron chi connectivity index (χ0n) is 11.0. The van der Waals surface area contributed by atoms with Gasteiger partial charge in [0.15, 0.2) is 0 Å². The lowest BCUT2D eigenvalue weighted by Gasteiger charge is -2.24. The summed E-state index contributed by atoms with van der Waals surface area (Å²) in [7, 11) is 2.16. The molecule has 0 saturated heterocycles. The number of nitrogens with zero attached hydrogens (tertiary/aromatic N) is 2. The van der Waals surface area contributed by atoms with Crippen molar-refractivity contribution in [3.05, 3.63) is 39.9 Å². The highest BCUT2D eigenvalue weighted by atomic mass is 16.6. The Morgan fingerprint density at radius 2 is 2.00 bits per heavy atom. The minimum atomic E-state index is -0.356. The number of non-ortho nitro benzene ring substituents is 1. The predicted molar refractivity (Wildman–Crippen MR) is 71.6 cm³/mol. The van der Waals surface area contributed by atoms with Gasteiger partial charge in [-0.15, -0.1) is 0 Å². The molecular weight excluding hydrogens is 228 g/mol. The molecule has 1 aromatic rings. The Labute approximate surface area is 108 Å². The van der Waals surface area contributed by atoms with Gasteiger partial charge in [0, 0.05) is 24.7 Å². The van der Waals surface area contributed by atoms with E-state index in [2.05, 4.69) is 18.9 Å². The van der Waals surface area contributed by atoms with Crippen molar-refractivity contribution >= 4 is 5.69 Å². The maximum atomic E-state index is 10.5. The standard InChI is InChI=1S/C14H20N2O2/c1-11(13-5-6-13)15(2)10-9-12-3-7-14(8-4-12)16(17)18/h3-4,7-8,11,13H,5-6,9-10H2,1-2H3. The molecule has 0 heterocycles. The third-order valence-electron chi connectivity index (χ3n) is 3.90. The Morgan fingerprint density at radius 3 is 2.50 bits per heavy atom. The number of hydrogen-bond donors (Lipinski definition) is 0. The number of benzene rings is 1. The van der Waals surface area contributed by atoms with Gasteiger partial charge < -0.3 is 4.90 Å². The van der Waals surface area contributed by atoms with E-state index in [1.165, 1.54) is 12.8 Å². The molecule has 1 atom stereocenters. The third-order valence-corrected chi connectivity index (χ3v) is 3.90. The second-order valence-electron chi connectivity index (χ2n) is 5.23. The van der Waals surface area contributed by atoms with E-state index in [4.69, 9.17) is 0 Å². The summed E-state index contributed by atoms with van der Waals surface area (Å²) >= 11 is 0. The molecule has 4 heteroatoms. The molecule has 0 aromatic heterocycles. The van der Waals surface area contributed by atoms with Gasteiger partial charge in [0.2, 0.25) is 0 Å². The molecule has 18 heavy (non-hydrogen) atoms. The topological polar surface area (TPSA) is 46.4 Å². The first-order valence-corrected chi connectivity index (χ1v) is 6.51. The van der Waals surface area contributed by atoms with Gasteiger partial charge in [-0.1, -0.05) is 12.1 Å². The highest BCUT2D eigenvalue weighted by Crippen LogP contribution is 2.34. The molecule has 0 N–H and O–H groups in total. The van der Waals surface area contributed by atoms with Crippen molar-refractivity contribution in [2.45, 2.75) is 32.2 Å². The molecule has 1 aliphatic rings. The second-order valence-corrected chi connectivity index (χ2v) is 5.23. The molecule has 0 aliphatic heterocycles. The van der Waals surface area contributed by atoms with Gasteiger partial charge in [-0.2, -0.15) is 0 Å². The van der Waals surface area contributed by atoms with Crippen molar-refractivity contribution in [1.29, 1.82) is 0 Å². The van der Waals surface area contributed by atoms with Crippen molar-refractivity contribution in [3.63, 3.8) is 0 Å². The molecule has 1 fully saturated rings. The first-order chi connectivity index (χ1) is 8.58. The van der Waals surface area contributed by atoms with Crippen LogP contribution in [-0.2, 0) is 6.42 Å². The van der Waals surface area contributed by atoms with Crippen LogP contribution in [0.4, 0.5) is 5.69 Å². The van der Waals surface area contributed by atoms with Gasteiger partial charge in [0.25, 0.3) is 5.69 Å². The first kappa shape index (κ1) is 13.0. The molecule has 98 valence electrons. The van der Waals surface area contributed by atoms with Crippen molar-refractivity contribution in [2.75, 3.05) is 13.6 Å². The Bertz CT molecular complexity index is 412. The molecule has 1 saturated carbocycles. The van der Waals surface area contributed by atoms with Gasteiger partial charge in [0.1, 0.15) is 0 Å². The van der Waals surface area contributed by atoms with Crippen LogP contribution in [0.5, 0.6) is 0 Å². The summed E-state index contributed by atoms with van der Waals surface area (Å²) in [5, 5.41) is 10.5. The van der Waals surface area contributed by atoms with E-state index in [1.807, 2.05) is 12.1 Å². The normalized spacial score (nSPS) is 16.8. The van der Waals surface area contributed by atoms with Gasteiger partial charge in [-0.05, 0) is 44.7 Å². The molecule has 0 spiro atoms. The van der Waals surface area contributed by atoms with E-state index in [1.54, 1.807) is 12.1 Å². The SMILES string of the molecule is CC(C1CC1)N(C)CCc1ccc([N+](=O)[O-])cc1. The summed E-state index contributed by atoms with van der Waals surface area (Å²) in [6.07, 6.45) is 3.68. The Kier molecular flexibility index (Phi) is 3.97. The van der Waals surface area contributed by atoms with Crippen molar-refractivity contribution < 1.29 is 4.92 Å². The van der Waals surface area contributed by atoms with Crippen LogP contribution in [0.1, 0.15) is 25.3 Å². The molecule has 0 bridgehead atoms. The maximum Gasteiger partial charge on any atom is 0.269 e. The van der Waals surface area contributed by atoms with Crippen LogP contribution in [-0.4, -0.2) is 29.5 Å². The zero-order valence-corrected chi connectivity index (χ0v) is 11.0. The van der Waals surface area contributed by atoms with E-state index in [0.717, 1.165) is 24.4 Å². The van der Waals surface area contributed by atoms with Crippen LogP contribution in [0.15, 0.2) is 24.3 Å². The molecular formula is C14H20N2O2. The Balaban J connectivity index is 1.83. The summed E-state index contributed by atoms with van der Waals surface area (Å²) in [4.78, 5) is 12.6. The average Bonchev–Trinajstić information content (AvgIpc) is 3.19. The maximum absolute atomic E-state index is 10.5. The smallest absolute Gasteiger partial charge is 0.269 e. The number of nitro groups is 1. The summed E-state index contributed by atoms with van der Waals surface area (Å²) in [6, 6.07) is 7.53. The van der Waals surface area contributed by atoms with Gasteiger partial charge in [-0.25, -0.2) is 0 Å². The first-order valence-electron chi connectivity index (χ1n) is 6.51. The molecule has 0 radical (unpaired) electrons. The lowest BCUT2D eigenvalue weighted by Crippen LogP contribution is -2.32. The summed E-state index contributed by atoms with van der Waals surface area (Å²) < 4.78 is 0. The fourth-order valence-electron chi connectivity index (χ4n) is 2.23. The quantitative estimate of drug-likeness (QED) is 0.574. The number of nitro benzene ring substituents is 1. The van der Waals surface area contributed by atoms with Crippen LogP contribution in [0.3, 0.4) is 0 Å². The molecule has 1 unspecified atom stereocenters. The minimum Gasteiger partial charge on any atom is -0.303 e. The molecule has 1 aliphatic carbocycles. The molecule has 0 amide bonds. The van der Waals surface area contributed by atoms with Crippen LogP contribution in [0, 0.1) is 16.0 Å². The summed E-state index contributed by atoms with van der Waals surface area (Å²) in [6.45, 7) is 3.29. The van der Waals surface area contributed by atoms with Gasteiger partial charge in [-0.3, -0.25) is 10.1 Å². The van der Waals surface area contributed by atoms with Crippen LogP contribution >= 0.6 is 0 Å². The number of rotatable bonds is 6. The lowest BCUT2D eigenvalue weighted by molar-refractivity contribution is -0.384. The van der Waals surface area contributed by atoms with E-state index >= 15 is 0 Å². The van der Waals surface area contributed by atoms with Crippen LogP contribution < -0.4 is 0 Å². The van der Waals surface area contributed by atoms with Gasteiger partial charge in [0.05, 0.1) is 4.92 Å². The largest absolute Gasteiger partial charge is 0.303 e. The summed E-state index contributed by atoms with van der Waals surface area (Å²) in [5.74, 6) is 0.881. The van der Waals surface area contributed by atoms with Crippen LogP contribution in [0.2, 0.25) is 0 Å². The summed E-state index contributed by atoms with van der Waals surface area (Å²) in [5.41, 5.74) is 1.33. The minimum absolute atomic E-state index is 0.165. The number of likely N-dealkylation sites (N-methyl/N-ethyl adjacent to an activating group) is 1. The fraction of sp³-hybridized carbons (Fsp3) is 0.571. The second kappa shape index (κ2) is 5.48. The van der Waals surface area contributed by atoms with E-state index in [-0.39, 0.29) is 10.6 Å². The lowest BCUT2D eigenvalue weighted by atomic mass is 10.1. The van der Waals surface area contributed by atoms with E-state index in [9.17, 15) is 10.1 Å². The Morgan fingerprint density at radius 1 is 1.39 bits per heavy atom. The molecule has 1 aromatic carbocycles. The fourth-order valence-corrected chi connectivity index (χ4v) is 2.23. The van der Waals surface area contributed by atoms with Crippen molar-refractivity contribution in [3.8, 4) is 0 Å². The molecule has 2 rings (SSSR count). The number of hydrogen-bond acceptors (Lipinski definition) is 3. The average molecular weight is 248 g/mol. The monoisotopic (exact) mass is 248 g/mol. The van der Waals surface area contributed by atoms with Crippen molar-refractivity contribution in [2.24, 2.45) is 5.92 Å². The van der Waals surface area contributed by atoms with E-state index < -0.39 is 0 Å². The van der Waals surface area contributed by atoms with Crippen molar-refractivity contribution in [1.82, 2.24) is 4.90 Å². The van der Waals surface area contributed by atoms with Gasteiger partial charge >= 0.3 is 0 Å². The zero-order chi connectivity index (χ0) is 13.1. The predicted octanol–water partition coefficient (Wildman–Crippen LogP) is 2.87. The highest BCUT2D eigenvalue weighted by molar-refractivity contribution is 5.32. The molecule has 4 nitrogen and oxygen atoms in total. The van der Waals surface area contributed by atoms with E-state index in [0.29, 0.717) is 6.04 Å².